The van der Waals surface area contributed by atoms with E-state index in [0.29, 0.717) is 28.6 Å². The van der Waals surface area contributed by atoms with Gasteiger partial charge in [0.2, 0.25) is 0 Å². The number of carbonyl (C=O) groups excluding carboxylic acids is 2. The van der Waals surface area contributed by atoms with Crippen molar-refractivity contribution in [3.05, 3.63) is 82.2 Å². The van der Waals surface area contributed by atoms with Crippen LogP contribution in [0.15, 0.2) is 53.1 Å². The van der Waals surface area contributed by atoms with Gasteiger partial charge < -0.3 is 0 Å². The summed E-state index contributed by atoms with van der Waals surface area (Å²) in [5.41, 5.74) is 1.65. The number of benzene rings is 2. The first-order chi connectivity index (χ1) is 16.0. The topological polar surface area (TPSA) is 134 Å². The van der Waals surface area contributed by atoms with Gasteiger partial charge in [-0.3, -0.25) is 0 Å². The Morgan fingerprint density at radius 2 is 2.00 bits per heavy atom. The number of carboxylic acid groups (broad SMARTS) is 1. The summed E-state index contributed by atoms with van der Waals surface area (Å²) >= 11 is -1.60. The van der Waals surface area contributed by atoms with Crippen LogP contribution >= 0.6 is 0 Å². The summed E-state index contributed by atoms with van der Waals surface area (Å²) in [5.74, 6) is -0.663. The predicted molar refractivity (Wildman–Crippen MR) is 116 cm³/mol. The molecule has 0 bridgehead atoms. The van der Waals surface area contributed by atoms with Crippen LogP contribution in [-0.4, -0.2) is 54.1 Å². The molecule has 166 valence electrons. The molecule has 1 atom stereocenters. The Morgan fingerprint density at radius 1 is 1.21 bits per heavy atom. The third-order valence-corrected chi connectivity index (χ3v) is 7.59. The van der Waals surface area contributed by atoms with Gasteiger partial charge in [-0.2, -0.15) is 0 Å². The molecule has 1 amide bonds. The fourth-order valence-electron chi connectivity index (χ4n) is 3.44. The molecule has 4 rings (SSSR count). The summed E-state index contributed by atoms with van der Waals surface area (Å²) in [7, 11) is 0. The van der Waals surface area contributed by atoms with E-state index < -0.39 is 27.8 Å². The van der Waals surface area contributed by atoms with Gasteiger partial charge in [-0.1, -0.05) is 0 Å². The third kappa shape index (κ3) is 4.97. The minimum absolute atomic E-state index is 0.0640. The van der Waals surface area contributed by atoms with Crippen LogP contribution < -0.4 is 4.35 Å². The summed E-state index contributed by atoms with van der Waals surface area (Å²) < 4.78 is 10.8. The van der Waals surface area contributed by atoms with Gasteiger partial charge in [0, 0.05) is 0 Å². The number of aromatic carboxylic acids is 1. The third-order valence-electron chi connectivity index (χ3n) is 5.13. The Morgan fingerprint density at radius 3 is 2.73 bits per heavy atom. The molecule has 0 saturated carbocycles. The Kier molecular flexibility index (Phi) is 6.57. The number of carboxylic acids is 1. The maximum absolute atomic E-state index is 13.0. The summed E-state index contributed by atoms with van der Waals surface area (Å²) in [6, 6.07) is 15.5. The first-order valence-corrected chi connectivity index (χ1v) is 12.1. The van der Waals surface area contributed by atoms with Crippen LogP contribution in [0.25, 0.3) is 0 Å². The SMILES string of the molecule is N#Cc1ccc([AsH]C(=O)c2noc3c2CN(C(=O)OCc2ccccc2)CC3)c(C(=O)O)c1. The molecule has 9 nitrogen and oxygen atoms in total. The van der Waals surface area contributed by atoms with Crippen LogP contribution in [-0.2, 0) is 24.3 Å². The molecule has 0 fully saturated rings. The van der Waals surface area contributed by atoms with Crippen molar-refractivity contribution in [2.75, 3.05) is 6.54 Å². The molecule has 0 aliphatic carbocycles. The average molecular weight is 507 g/mol. The zero-order valence-electron chi connectivity index (χ0n) is 17.3. The van der Waals surface area contributed by atoms with E-state index in [-0.39, 0.29) is 34.5 Å². The summed E-state index contributed by atoms with van der Waals surface area (Å²) in [4.78, 5) is 38.6. The van der Waals surface area contributed by atoms with Crippen LogP contribution in [0.3, 0.4) is 0 Å². The second kappa shape index (κ2) is 9.72. The molecule has 1 aliphatic heterocycles. The Hall–Kier alpha value is -3.89. The van der Waals surface area contributed by atoms with Crippen molar-refractivity contribution in [1.82, 2.24) is 10.1 Å². The molecule has 0 radical (unpaired) electrons. The van der Waals surface area contributed by atoms with Crippen LogP contribution in [0.1, 0.15) is 43.3 Å². The molecule has 1 aliphatic rings. The van der Waals surface area contributed by atoms with Crippen molar-refractivity contribution < 1.29 is 28.8 Å². The molecule has 3 aromatic rings. The Labute approximate surface area is 195 Å². The van der Waals surface area contributed by atoms with E-state index in [9.17, 15) is 19.5 Å². The molecule has 1 unspecified atom stereocenters. The molecule has 0 spiro atoms. The van der Waals surface area contributed by atoms with Crippen molar-refractivity contribution in [3.63, 3.8) is 0 Å². The molecular weight excluding hydrogens is 489 g/mol. The summed E-state index contributed by atoms with van der Waals surface area (Å²) in [5, 5.41) is 22.4. The molecule has 1 aromatic heterocycles. The number of amides is 1. The van der Waals surface area contributed by atoms with Crippen molar-refractivity contribution in [2.45, 2.75) is 19.6 Å². The number of ether oxygens (including phenoxy) is 1. The predicted octanol–water partition coefficient (Wildman–Crippen LogP) is 1.84. The minimum atomic E-state index is -1.60. The number of hydrogen-bond acceptors (Lipinski definition) is 7. The van der Waals surface area contributed by atoms with Gasteiger partial charge in [0.25, 0.3) is 0 Å². The van der Waals surface area contributed by atoms with E-state index in [1.807, 2.05) is 36.4 Å². The second-order valence-corrected chi connectivity index (χ2v) is 9.88. The van der Waals surface area contributed by atoms with Gasteiger partial charge in [-0.25, -0.2) is 0 Å². The first-order valence-electron chi connectivity index (χ1n) is 9.98. The van der Waals surface area contributed by atoms with Gasteiger partial charge in [0.15, 0.2) is 0 Å². The first kappa shape index (κ1) is 22.3. The van der Waals surface area contributed by atoms with E-state index in [1.54, 1.807) is 0 Å². The van der Waals surface area contributed by atoms with Gasteiger partial charge in [-0.15, -0.1) is 0 Å². The molecule has 10 heteroatoms. The molecule has 2 heterocycles. The number of carbonyl (C=O) groups is 3. The van der Waals surface area contributed by atoms with Crippen LogP contribution in [0.5, 0.6) is 0 Å². The average Bonchev–Trinajstić information content (AvgIpc) is 3.26. The van der Waals surface area contributed by atoms with Crippen LogP contribution in [0, 0.1) is 11.3 Å². The molecule has 0 saturated heterocycles. The van der Waals surface area contributed by atoms with Crippen molar-refractivity contribution in [2.24, 2.45) is 0 Å². The van der Waals surface area contributed by atoms with E-state index >= 15 is 0 Å². The van der Waals surface area contributed by atoms with E-state index in [1.165, 1.54) is 23.1 Å². The van der Waals surface area contributed by atoms with E-state index in [4.69, 9.17) is 14.5 Å². The van der Waals surface area contributed by atoms with Gasteiger partial charge in [-0.05, 0) is 0 Å². The van der Waals surface area contributed by atoms with Gasteiger partial charge in [0.05, 0.1) is 0 Å². The number of hydrogen-bond donors (Lipinski definition) is 1. The van der Waals surface area contributed by atoms with Crippen molar-refractivity contribution in [3.8, 4) is 6.07 Å². The quantitative estimate of drug-likeness (QED) is 0.500. The van der Waals surface area contributed by atoms with Gasteiger partial charge in [0.1, 0.15) is 0 Å². The van der Waals surface area contributed by atoms with E-state index in [0.717, 1.165) is 5.56 Å². The van der Waals surface area contributed by atoms with E-state index in [2.05, 4.69) is 5.16 Å². The summed E-state index contributed by atoms with van der Waals surface area (Å²) in [6.45, 7) is 0.638. The number of aromatic nitrogens is 1. The monoisotopic (exact) mass is 507 g/mol. The number of fused-ring (bicyclic) bond motifs is 1. The summed E-state index contributed by atoms with van der Waals surface area (Å²) in [6.07, 6.45) is -0.104. The van der Waals surface area contributed by atoms with Crippen molar-refractivity contribution in [1.29, 1.82) is 5.26 Å². The Balaban J connectivity index is 1.47. The van der Waals surface area contributed by atoms with Gasteiger partial charge >= 0.3 is 195 Å². The normalized spacial score (nSPS) is 12.9. The van der Waals surface area contributed by atoms with Crippen molar-refractivity contribution >= 4 is 36.7 Å². The number of nitrogens with zero attached hydrogens (tertiary/aromatic N) is 3. The number of nitriles is 1. The zero-order valence-corrected chi connectivity index (χ0v) is 19.4. The second-order valence-electron chi connectivity index (χ2n) is 7.28. The number of rotatable bonds is 6. The van der Waals surface area contributed by atoms with Crippen LogP contribution in [0.2, 0.25) is 0 Å². The fourth-order valence-corrected chi connectivity index (χ4v) is 5.62. The molecule has 2 aromatic carbocycles. The Bertz CT molecular complexity index is 1260. The molecule has 33 heavy (non-hydrogen) atoms. The maximum atomic E-state index is 13.0. The fraction of sp³-hybridized carbons (Fsp3) is 0.174. The molecule has 1 N–H and O–H groups in total. The van der Waals surface area contributed by atoms with Crippen LogP contribution in [0.4, 0.5) is 4.79 Å². The standard InChI is InChI=1S/C23H18AsN3O6/c25-11-15-6-7-18(16(10-15)22(29)30)24-21(28)20-17-12-27(9-8-19(17)33-26-20)23(31)32-13-14-4-2-1-3-5-14/h1-7,10,24H,8-9,12-13H2,(H,29,30). The zero-order chi connectivity index (χ0) is 23.4. The molecular formula is C23H18AsN3O6.